The molecule has 134 valence electrons. The molecule has 1 amide bonds. The average molecular weight is 339 g/mol. The van der Waals surface area contributed by atoms with E-state index in [1.807, 2.05) is 30.3 Å². The fourth-order valence-electron chi connectivity index (χ4n) is 2.63. The summed E-state index contributed by atoms with van der Waals surface area (Å²) in [6.45, 7) is 6.96. The van der Waals surface area contributed by atoms with E-state index < -0.39 is 0 Å². The van der Waals surface area contributed by atoms with Crippen LogP contribution in [0.25, 0.3) is 0 Å². The van der Waals surface area contributed by atoms with Gasteiger partial charge < -0.3 is 4.74 Å². The lowest BCUT2D eigenvalue weighted by Crippen LogP contribution is -2.15. The Hall–Kier alpha value is -2.29. The Kier molecular flexibility index (Phi) is 7.05. The van der Waals surface area contributed by atoms with Gasteiger partial charge >= 0.3 is 6.09 Å². The maximum absolute atomic E-state index is 11.8. The SMILES string of the molecule is CC(C)(C)c1ccc(NC(=O)OCCCCCc2ccccc2)cc1. The molecular formula is C22H29NO2. The summed E-state index contributed by atoms with van der Waals surface area (Å²) in [6, 6.07) is 18.4. The molecule has 0 heterocycles. The molecule has 0 spiro atoms. The minimum absolute atomic E-state index is 0.110. The molecule has 0 fully saturated rings. The van der Waals surface area contributed by atoms with Crippen molar-refractivity contribution in [3.8, 4) is 0 Å². The largest absolute Gasteiger partial charge is 0.449 e. The molecule has 0 atom stereocenters. The third-order valence-corrected chi connectivity index (χ3v) is 4.18. The van der Waals surface area contributed by atoms with Gasteiger partial charge in [0.05, 0.1) is 6.61 Å². The van der Waals surface area contributed by atoms with Crippen LogP contribution in [0.2, 0.25) is 0 Å². The maximum Gasteiger partial charge on any atom is 0.411 e. The number of ether oxygens (including phenoxy) is 1. The lowest BCUT2D eigenvalue weighted by molar-refractivity contribution is 0.159. The molecule has 1 N–H and O–H groups in total. The summed E-state index contributed by atoms with van der Waals surface area (Å²) in [5.74, 6) is 0. The fraction of sp³-hybridized carbons (Fsp3) is 0.409. The zero-order chi connectivity index (χ0) is 18.1. The molecule has 2 rings (SSSR count). The van der Waals surface area contributed by atoms with E-state index >= 15 is 0 Å². The summed E-state index contributed by atoms with van der Waals surface area (Å²) >= 11 is 0. The van der Waals surface area contributed by atoms with E-state index in [-0.39, 0.29) is 11.5 Å². The number of rotatable bonds is 7. The summed E-state index contributed by atoms with van der Waals surface area (Å²) in [5, 5.41) is 2.78. The number of unbranched alkanes of at least 4 members (excludes halogenated alkanes) is 2. The van der Waals surface area contributed by atoms with Crippen molar-refractivity contribution in [3.63, 3.8) is 0 Å². The second-order valence-electron chi connectivity index (χ2n) is 7.38. The molecule has 0 aliphatic heterocycles. The van der Waals surface area contributed by atoms with Gasteiger partial charge in [0.1, 0.15) is 0 Å². The van der Waals surface area contributed by atoms with Gasteiger partial charge in [0.15, 0.2) is 0 Å². The molecule has 2 aromatic rings. The van der Waals surface area contributed by atoms with E-state index in [0.717, 1.165) is 31.4 Å². The van der Waals surface area contributed by atoms with Crippen molar-refractivity contribution in [2.45, 2.75) is 51.9 Å². The van der Waals surface area contributed by atoms with Crippen molar-refractivity contribution >= 4 is 11.8 Å². The minimum Gasteiger partial charge on any atom is -0.449 e. The van der Waals surface area contributed by atoms with Crippen LogP contribution >= 0.6 is 0 Å². The average Bonchev–Trinajstić information content (AvgIpc) is 2.58. The van der Waals surface area contributed by atoms with Gasteiger partial charge in [0.2, 0.25) is 0 Å². The smallest absolute Gasteiger partial charge is 0.411 e. The van der Waals surface area contributed by atoms with Gasteiger partial charge in [-0.25, -0.2) is 4.79 Å². The van der Waals surface area contributed by atoms with Crippen LogP contribution in [0.4, 0.5) is 10.5 Å². The highest BCUT2D eigenvalue weighted by Crippen LogP contribution is 2.23. The number of carbonyl (C=O) groups is 1. The van der Waals surface area contributed by atoms with Crippen LogP contribution in [0.15, 0.2) is 54.6 Å². The first-order chi connectivity index (χ1) is 11.9. The molecule has 2 aromatic carbocycles. The predicted octanol–water partition coefficient (Wildman–Crippen LogP) is 5.95. The normalized spacial score (nSPS) is 11.2. The molecule has 0 unspecified atom stereocenters. The number of hydrogen-bond donors (Lipinski definition) is 1. The van der Waals surface area contributed by atoms with Crippen LogP contribution < -0.4 is 5.32 Å². The number of anilines is 1. The highest BCUT2D eigenvalue weighted by Gasteiger charge is 2.13. The third-order valence-electron chi connectivity index (χ3n) is 4.18. The topological polar surface area (TPSA) is 38.3 Å². The van der Waals surface area contributed by atoms with E-state index in [1.165, 1.54) is 11.1 Å². The van der Waals surface area contributed by atoms with Crippen LogP contribution in [0.5, 0.6) is 0 Å². The van der Waals surface area contributed by atoms with Crippen molar-refractivity contribution < 1.29 is 9.53 Å². The monoisotopic (exact) mass is 339 g/mol. The van der Waals surface area contributed by atoms with E-state index in [0.29, 0.717) is 6.61 Å². The van der Waals surface area contributed by atoms with Gasteiger partial charge in [-0.15, -0.1) is 0 Å². The van der Waals surface area contributed by atoms with Crippen molar-refractivity contribution in [1.82, 2.24) is 0 Å². The van der Waals surface area contributed by atoms with Crippen molar-refractivity contribution in [2.75, 3.05) is 11.9 Å². The number of amides is 1. The van der Waals surface area contributed by atoms with E-state index in [1.54, 1.807) is 0 Å². The highest BCUT2D eigenvalue weighted by molar-refractivity contribution is 5.84. The Morgan fingerprint density at radius 2 is 1.60 bits per heavy atom. The summed E-state index contributed by atoms with van der Waals surface area (Å²) in [7, 11) is 0. The van der Waals surface area contributed by atoms with Gasteiger partial charge in [0.25, 0.3) is 0 Å². The molecule has 0 saturated heterocycles. The molecule has 0 bridgehead atoms. The first-order valence-corrected chi connectivity index (χ1v) is 9.03. The van der Waals surface area contributed by atoms with Crippen molar-refractivity contribution in [2.24, 2.45) is 0 Å². The lowest BCUT2D eigenvalue weighted by atomic mass is 9.87. The Bertz CT molecular complexity index is 642. The first kappa shape index (κ1) is 19.0. The molecule has 0 radical (unpaired) electrons. The molecule has 0 aromatic heterocycles. The Morgan fingerprint density at radius 1 is 0.920 bits per heavy atom. The van der Waals surface area contributed by atoms with Gasteiger partial charge in [-0.05, 0) is 54.4 Å². The zero-order valence-corrected chi connectivity index (χ0v) is 15.5. The first-order valence-electron chi connectivity index (χ1n) is 9.03. The minimum atomic E-state index is -0.383. The summed E-state index contributed by atoms with van der Waals surface area (Å²) in [4.78, 5) is 11.8. The van der Waals surface area contributed by atoms with Crippen LogP contribution in [0.3, 0.4) is 0 Å². The molecule has 25 heavy (non-hydrogen) atoms. The maximum atomic E-state index is 11.8. The second kappa shape index (κ2) is 9.26. The number of aryl methyl sites for hydroxylation is 1. The van der Waals surface area contributed by atoms with Gasteiger partial charge in [0, 0.05) is 5.69 Å². The summed E-state index contributed by atoms with van der Waals surface area (Å²) in [5.41, 5.74) is 3.48. The highest BCUT2D eigenvalue weighted by atomic mass is 16.5. The third kappa shape index (κ3) is 7.00. The summed E-state index contributed by atoms with van der Waals surface area (Å²) in [6.07, 6.45) is 3.76. The number of benzene rings is 2. The molecule has 0 aliphatic carbocycles. The molecular weight excluding hydrogens is 310 g/mol. The second-order valence-corrected chi connectivity index (χ2v) is 7.38. The van der Waals surface area contributed by atoms with Gasteiger partial charge in [-0.3, -0.25) is 5.32 Å². The van der Waals surface area contributed by atoms with E-state index in [4.69, 9.17) is 4.74 Å². The van der Waals surface area contributed by atoms with Crippen LogP contribution in [-0.4, -0.2) is 12.7 Å². The van der Waals surface area contributed by atoms with Gasteiger partial charge in [-0.2, -0.15) is 0 Å². The summed E-state index contributed by atoms with van der Waals surface area (Å²) < 4.78 is 5.25. The van der Waals surface area contributed by atoms with Crippen LogP contribution in [0.1, 0.15) is 51.2 Å². The van der Waals surface area contributed by atoms with Crippen LogP contribution in [-0.2, 0) is 16.6 Å². The van der Waals surface area contributed by atoms with Crippen LogP contribution in [0, 0.1) is 0 Å². The lowest BCUT2D eigenvalue weighted by Gasteiger charge is -2.19. The van der Waals surface area contributed by atoms with E-state index in [2.05, 4.69) is 50.4 Å². The Labute approximate surface area is 151 Å². The fourth-order valence-corrected chi connectivity index (χ4v) is 2.63. The number of nitrogens with one attached hydrogen (secondary N) is 1. The molecule has 0 saturated carbocycles. The number of hydrogen-bond acceptors (Lipinski definition) is 2. The Morgan fingerprint density at radius 3 is 2.24 bits per heavy atom. The quantitative estimate of drug-likeness (QED) is 0.633. The standard InChI is InChI=1S/C22H29NO2/c1-22(2,3)19-13-15-20(16-14-19)23-21(24)25-17-9-5-8-12-18-10-6-4-7-11-18/h4,6-7,10-11,13-16H,5,8-9,12,17H2,1-3H3,(H,23,24). The zero-order valence-electron chi connectivity index (χ0n) is 15.5. The van der Waals surface area contributed by atoms with Crippen molar-refractivity contribution in [3.05, 3.63) is 65.7 Å². The van der Waals surface area contributed by atoms with E-state index in [9.17, 15) is 4.79 Å². The Balaban J connectivity index is 1.61. The van der Waals surface area contributed by atoms with Gasteiger partial charge in [-0.1, -0.05) is 63.2 Å². The number of carbonyl (C=O) groups excluding carboxylic acids is 1. The molecule has 3 nitrogen and oxygen atoms in total. The molecule has 0 aliphatic rings. The predicted molar refractivity (Wildman–Crippen MR) is 104 cm³/mol. The van der Waals surface area contributed by atoms with Crippen molar-refractivity contribution in [1.29, 1.82) is 0 Å². The molecule has 3 heteroatoms.